The van der Waals surface area contributed by atoms with Crippen LogP contribution in [0.3, 0.4) is 0 Å². The molecule has 3 aliphatic rings. The van der Waals surface area contributed by atoms with Crippen molar-refractivity contribution in [3.63, 3.8) is 0 Å². The van der Waals surface area contributed by atoms with E-state index in [0.29, 0.717) is 24.3 Å². The van der Waals surface area contributed by atoms with Gasteiger partial charge in [-0.25, -0.2) is 0 Å². The van der Waals surface area contributed by atoms with E-state index in [0.717, 1.165) is 30.2 Å². The van der Waals surface area contributed by atoms with Gasteiger partial charge in [-0.3, -0.25) is 4.79 Å². The highest BCUT2D eigenvalue weighted by atomic mass is 16.7. The fourth-order valence-electron chi connectivity index (χ4n) is 4.42. The first-order valence-corrected chi connectivity index (χ1v) is 9.45. The molecule has 1 aromatic rings. The third-order valence-electron chi connectivity index (χ3n) is 5.88. The molecular weight excluding hydrogens is 316 g/mol. The van der Waals surface area contributed by atoms with Crippen LogP contribution in [0.25, 0.3) is 0 Å². The van der Waals surface area contributed by atoms with Gasteiger partial charge in [0.25, 0.3) is 0 Å². The lowest BCUT2D eigenvalue weighted by atomic mass is 10.0. The smallest absolute Gasteiger partial charge is 0.231 e. The summed E-state index contributed by atoms with van der Waals surface area (Å²) in [4.78, 5) is 17.4. The number of amides is 1. The average molecular weight is 344 g/mol. The minimum Gasteiger partial charge on any atom is -0.454 e. The fourth-order valence-corrected chi connectivity index (χ4v) is 4.42. The van der Waals surface area contributed by atoms with Crippen LogP contribution in [0.1, 0.15) is 31.2 Å². The van der Waals surface area contributed by atoms with E-state index in [1.165, 1.54) is 25.7 Å². The molecule has 4 rings (SSSR count). The van der Waals surface area contributed by atoms with Gasteiger partial charge in [-0.1, -0.05) is 18.9 Å². The Labute approximate surface area is 149 Å². The Balaban J connectivity index is 1.47. The van der Waals surface area contributed by atoms with Gasteiger partial charge in [0, 0.05) is 25.6 Å². The lowest BCUT2D eigenvalue weighted by Gasteiger charge is -2.25. The van der Waals surface area contributed by atoms with Gasteiger partial charge in [0.15, 0.2) is 11.5 Å². The molecule has 5 heteroatoms. The number of fused-ring (bicyclic) bond motifs is 2. The predicted octanol–water partition coefficient (Wildman–Crippen LogP) is 2.74. The average Bonchev–Trinajstić information content (AvgIpc) is 3.15. The molecule has 2 fully saturated rings. The first-order valence-electron chi connectivity index (χ1n) is 9.45. The summed E-state index contributed by atoms with van der Waals surface area (Å²) >= 11 is 0. The molecule has 2 atom stereocenters. The molecule has 2 saturated carbocycles. The minimum atomic E-state index is 0.277. The van der Waals surface area contributed by atoms with Gasteiger partial charge in [0.2, 0.25) is 12.7 Å². The van der Waals surface area contributed by atoms with Gasteiger partial charge < -0.3 is 19.3 Å². The molecule has 0 saturated heterocycles. The molecule has 0 spiro atoms. The Hall–Kier alpha value is -1.75. The second-order valence-corrected chi connectivity index (χ2v) is 7.89. The van der Waals surface area contributed by atoms with Crippen LogP contribution in [0, 0.1) is 17.8 Å². The normalized spacial score (nSPS) is 26.4. The molecule has 1 aromatic carbocycles. The van der Waals surface area contributed by atoms with Gasteiger partial charge in [0.05, 0.1) is 0 Å². The van der Waals surface area contributed by atoms with E-state index in [4.69, 9.17) is 9.47 Å². The van der Waals surface area contributed by atoms with Crippen molar-refractivity contribution in [1.29, 1.82) is 0 Å². The van der Waals surface area contributed by atoms with Crippen LogP contribution < -0.4 is 9.47 Å². The molecule has 136 valence electrons. The Bertz CT molecular complexity index is 634. The molecule has 0 N–H and O–H groups in total. The maximum Gasteiger partial charge on any atom is 0.231 e. The van der Waals surface area contributed by atoms with Gasteiger partial charge in [-0.05, 0) is 56.5 Å². The topological polar surface area (TPSA) is 42.0 Å². The van der Waals surface area contributed by atoms with Gasteiger partial charge >= 0.3 is 0 Å². The van der Waals surface area contributed by atoms with E-state index in [2.05, 4.69) is 23.9 Å². The molecule has 0 radical (unpaired) electrons. The molecule has 1 aliphatic heterocycles. The lowest BCUT2D eigenvalue weighted by Crippen LogP contribution is -2.37. The van der Waals surface area contributed by atoms with Crippen LogP contribution in [0.5, 0.6) is 11.5 Å². The number of hydrogen-bond acceptors (Lipinski definition) is 4. The first kappa shape index (κ1) is 16.7. The lowest BCUT2D eigenvalue weighted by molar-refractivity contribution is -0.134. The molecule has 0 bridgehead atoms. The summed E-state index contributed by atoms with van der Waals surface area (Å²) in [5.74, 6) is 3.52. The second-order valence-electron chi connectivity index (χ2n) is 7.89. The van der Waals surface area contributed by atoms with E-state index >= 15 is 0 Å². The Kier molecular flexibility index (Phi) is 4.59. The number of likely N-dealkylation sites (N-methyl/N-ethyl adjacent to an activating group) is 1. The molecule has 2 unspecified atom stereocenters. The van der Waals surface area contributed by atoms with Crippen LogP contribution in [0.2, 0.25) is 0 Å². The fraction of sp³-hybridized carbons (Fsp3) is 0.650. The molecule has 25 heavy (non-hydrogen) atoms. The first-order chi connectivity index (χ1) is 12.1. The van der Waals surface area contributed by atoms with Crippen molar-refractivity contribution in [2.24, 2.45) is 17.8 Å². The largest absolute Gasteiger partial charge is 0.454 e. The van der Waals surface area contributed by atoms with Crippen molar-refractivity contribution >= 4 is 5.91 Å². The van der Waals surface area contributed by atoms with Gasteiger partial charge in [-0.2, -0.15) is 0 Å². The van der Waals surface area contributed by atoms with E-state index in [1.54, 1.807) is 0 Å². The Morgan fingerprint density at radius 1 is 1.08 bits per heavy atom. The molecule has 1 amide bonds. The van der Waals surface area contributed by atoms with Crippen LogP contribution >= 0.6 is 0 Å². The SMILES string of the molecule is CN(C)CCN(Cc1ccc2c(c1)OCO2)C(=O)C1C2CCCCC21. The highest BCUT2D eigenvalue weighted by molar-refractivity contribution is 5.82. The monoisotopic (exact) mass is 344 g/mol. The quantitative estimate of drug-likeness (QED) is 0.796. The van der Waals surface area contributed by atoms with Gasteiger partial charge in [-0.15, -0.1) is 0 Å². The van der Waals surface area contributed by atoms with Crippen LogP contribution in [0.15, 0.2) is 18.2 Å². The number of benzene rings is 1. The number of carbonyl (C=O) groups excluding carboxylic acids is 1. The van der Waals surface area contributed by atoms with Crippen LogP contribution in [-0.4, -0.2) is 49.7 Å². The molecular formula is C20H28N2O3. The van der Waals surface area contributed by atoms with E-state index < -0.39 is 0 Å². The second kappa shape index (κ2) is 6.87. The van der Waals surface area contributed by atoms with Crippen LogP contribution in [0.4, 0.5) is 0 Å². The third kappa shape index (κ3) is 3.47. The number of nitrogens with zero attached hydrogens (tertiary/aromatic N) is 2. The summed E-state index contributed by atoms with van der Waals surface area (Å²) in [5.41, 5.74) is 1.11. The summed E-state index contributed by atoms with van der Waals surface area (Å²) in [6.45, 7) is 2.60. The summed E-state index contributed by atoms with van der Waals surface area (Å²) in [7, 11) is 4.11. The highest BCUT2D eigenvalue weighted by Gasteiger charge is 2.55. The minimum absolute atomic E-state index is 0.277. The summed E-state index contributed by atoms with van der Waals surface area (Å²) in [6, 6.07) is 6.00. The highest BCUT2D eigenvalue weighted by Crippen LogP contribution is 2.56. The van der Waals surface area contributed by atoms with Crippen molar-refractivity contribution in [3.8, 4) is 11.5 Å². The van der Waals surface area contributed by atoms with E-state index in [9.17, 15) is 4.79 Å². The van der Waals surface area contributed by atoms with Gasteiger partial charge in [0.1, 0.15) is 0 Å². The maximum atomic E-state index is 13.2. The van der Waals surface area contributed by atoms with Crippen molar-refractivity contribution < 1.29 is 14.3 Å². The Morgan fingerprint density at radius 2 is 1.80 bits per heavy atom. The zero-order valence-corrected chi connectivity index (χ0v) is 15.2. The maximum absolute atomic E-state index is 13.2. The zero-order valence-electron chi connectivity index (χ0n) is 15.2. The number of rotatable bonds is 6. The molecule has 5 nitrogen and oxygen atoms in total. The standard InChI is InChI=1S/C20H28N2O3/c1-21(2)9-10-22(20(23)19-15-5-3-4-6-16(15)19)12-14-7-8-17-18(11-14)25-13-24-17/h7-8,11,15-16,19H,3-6,9-10,12-13H2,1-2H3. The number of hydrogen-bond donors (Lipinski definition) is 0. The summed E-state index contributed by atoms with van der Waals surface area (Å²) < 4.78 is 10.9. The molecule has 2 aliphatic carbocycles. The number of ether oxygens (including phenoxy) is 2. The van der Waals surface area contributed by atoms with Crippen molar-refractivity contribution in [2.45, 2.75) is 32.2 Å². The predicted molar refractivity (Wildman–Crippen MR) is 95.5 cm³/mol. The molecule has 0 aromatic heterocycles. The Morgan fingerprint density at radius 3 is 2.52 bits per heavy atom. The van der Waals surface area contributed by atoms with Crippen molar-refractivity contribution in [2.75, 3.05) is 34.0 Å². The van der Waals surface area contributed by atoms with Crippen LogP contribution in [-0.2, 0) is 11.3 Å². The van der Waals surface area contributed by atoms with E-state index in [1.807, 2.05) is 18.2 Å². The van der Waals surface area contributed by atoms with E-state index in [-0.39, 0.29) is 12.7 Å². The zero-order chi connectivity index (χ0) is 17.4. The third-order valence-corrected chi connectivity index (χ3v) is 5.88. The molecule has 1 heterocycles. The van der Waals surface area contributed by atoms with Crippen molar-refractivity contribution in [3.05, 3.63) is 23.8 Å². The summed E-state index contributed by atoms with van der Waals surface area (Å²) in [6.07, 6.45) is 5.08. The van der Waals surface area contributed by atoms with Crippen molar-refractivity contribution in [1.82, 2.24) is 9.80 Å². The summed E-state index contributed by atoms with van der Waals surface area (Å²) in [5, 5.41) is 0. The number of carbonyl (C=O) groups is 1.